The van der Waals surface area contributed by atoms with Gasteiger partial charge < -0.3 is 14.6 Å². The molecule has 1 amide bonds. The SMILES string of the molecule is CC1c2cccn2CCN1CC(=O)Nc1ccccc1Oc1ccccc1. The van der Waals surface area contributed by atoms with E-state index in [1.54, 1.807) is 0 Å². The van der Waals surface area contributed by atoms with Crippen LogP contribution in [0.3, 0.4) is 0 Å². The van der Waals surface area contributed by atoms with E-state index in [-0.39, 0.29) is 11.9 Å². The lowest BCUT2D eigenvalue weighted by Crippen LogP contribution is -2.41. The van der Waals surface area contributed by atoms with Gasteiger partial charge in [0.15, 0.2) is 5.75 Å². The highest BCUT2D eigenvalue weighted by molar-refractivity contribution is 5.93. The fourth-order valence-corrected chi connectivity index (χ4v) is 3.49. The number of rotatable bonds is 5. The first kappa shape index (κ1) is 17.4. The van der Waals surface area contributed by atoms with Crippen molar-refractivity contribution in [3.8, 4) is 11.5 Å². The average Bonchev–Trinajstić information content (AvgIpc) is 3.16. The van der Waals surface area contributed by atoms with Crippen LogP contribution in [0.1, 0.15) is 18.7 Å². The molecule has 0 fully saturated rings. The van der Waals surface area contributed by atoms with Crippen molar-refractivity contribution < 1.29 is 9.53 Å². The van der Waals surface area contributed by atoms with E-state index in [9.17, 15) is 4.79 Å². The smallest absolute Gasteiger partial charge is 0.238 e. The molecule has 0 spiro atoms. The Balaban J connectivity index is 1.43. The van der Waals surface area contributed by atoms with Crippen LogP contribution in [-0.4, -0.2) is 28.5 Å². The minimum Gasteiger partial charge on any atom is -0.455 e. The summed E-state index contributed by atoms with van der Waals surface area (Å²) >= 11 is 0. The lowest BCUT2D eigenvalue weighted by Gasteiger charge is -2.34. The Morgan fingerprint density at radius 1 is 1.04 bits per heavy atom. The predicted octanol–water partition coefficient (Wildman–Crippen LogP) is 4.30. The van der Waals surface area contributed by atoms with E-state index in [0.29, 0.717) is 18.0 Å². The number of amides is 1. The van der Waals surface area contributed by atoms with Crippen molar-refractivity contribution in [2.75, 3.05) is 18.4 Å². The van der Waals surface area contributed by atoms with E-state index in [1.165, 1.54) is 5.69 Å². The monoisotopic (exact) mass is 361 g/mol. The molecule has 4 rings (SSSR count). The van der Waals surface area contributed by atoms with Crippen LogP contribution in [0.15, 0.2) is 72.9 Å². The van der Waals surface area contributed by atoms with Gasteiger partial charge in [0.1, 0.15) is 5.75 Å². The van der Waals surface area contributed by atoms with Crippen molar-refractivity contribution in [2.24, 2.45) is 0 Å². The van der Waals surface area contributed by atoms with Crippen LogP contribution >= 0.6 is 0 Å². The topological polar surface area (TPSA) is 46.5 Å². The van der Waals surface area contributed by atoms with Gasteiger partial charge in [-0.3, -0.25) is 9.69 Å². The lowest BCUT2D eigenvalue weighted by molar-refractivity contribution is -0.118. The number of carbonyl (C=O) groups is 1. The molecule has 3 aromatic rings. The summed E-state index contributed by atoms with van der Waals surface area (Å²) in [4.78, 5) is 14.9. The molecule has 138 valence electrons. The summed E-state index contributed by atoms with van der Waals surface area (Å²) in [5, 5.41) is 3.00. The van der Waals surface area contributed by atoms with Gasteiger partial charge in [0.05, 0.1) is 12.2 Å². The first-order valence-electron chi connectivity index (χ1n) is 9.21. The van der Waals surface area contributed by atoms with Gasteiger partial charge in [0, 0.05) is 31.0 Å². The molecule has 1 unspecified atom stereocenters. The Kier molecular flexibility index (Phi) is 4.94. The van der Waals surface area contributed by atoms with Crippen molar-refractivity contribution >= 4 is 11.6 Å². The molecular weight excluding hydrogens is 338 g/mol. The van der Waals surface area contributed by atoms with Gasteiger partial charge >= 0.3 is 0 Å². The van der Waals surface area contributed by atoms with Crippen LogP contribution in [0.5, 0.6) is 11.5 Å². The summed E-state index contributed by atoms with van der Waals surface area (Å²) < 4.78 is 8.18. The van der Waals surface area contributed by atoms with Crippen molar-refractivity contribution in [3.63, 3.8) is 0 Å². The molecule has 5 heteroatoms. The van der Waals surface area contributed by atoms with Crippen LogP contribution in [0.2, 0.25) is 0 Å². The second-order valence-electron chi connectivity index (χ2n) is 6.73. The van der Waals surface area contributed by atoms with Gasteiger partial charge in [-0.25, -0.2) is 0 Å². The number of benzene rings is 2. The molecule has 2 heterocycles. The number of aromatic nitrogens is 1. The number of anilines is 1. The Labute approximate surface area is 159 Å². The van der Waals surface area contributed by atoms with E-state index in [2.05, 4.69) is 40.0 Å². The zero-order chi connectivity index (χ0) is 18.6. The molecule has 0 saturated heterocycles. The molecule has 0 bridgehead atoms. The fourth-order valence-electron chi connectivity index (χ4n) is 3.49. The number of ether oxygens (including phenoxy) is 1. The zero-order valence-corrected chi connectivity index (χ0v) is 15.3. The third-order valence-corrected chi connectivity index (χ3v) is 4.95. The van der Waals surface area contributed by atoms with Crippen LogP contribution < -0.4 is 10.1 Å². The van der Waals surface area contributed by atoms with Gasteiger partial charge in [-0.05, 0) is 43.3 Å². The molecule has 0 radical (unpaired) electrons. The number of fused-ring (bicyclic) bond motifs is 1. The Morgan fingerprint density at radius 3 is 2.67 bits per heavy atom. The third-order valence-electron chi connectivity index (χ3n) is 4.95. The number of nitrogens with zero attached hydrogens (tertiary/aromatic N) is 2. The quantitative estimate of drug-likeness (QED) is 0.737. The lowest BCUT2D eigenvalue weighted by atomic mass is 10.1. The molecule has 2 aromatic carbocycles. The summed E-state index contributed by atoms with van der Waals surface area (Å²) in [7, 11) is 0. The zero-order valence-electron chi connectivity index (χ0n) is 15.3. The first-order chi connectivity index (χ1) is 13.2. The number of para-hydroxylation sites is 3. The van der Waals surface area contributed by atoms with E-state index >= 15 is 0 Å². The van der Waals surface area contributed by atoms with Gasteiger partial charge in [0.2, 0.25) is 5.91 Å². The normalized spacial score (nSPS) is 16.6. The second kappa shape index (κ2) is 7.68. The number of hydrogen-bond acceptors (Lipinski definition) is 3. The summed E-state index contributed by atoms with van der Waals surface area (Å²) in [5.41, 5.74) is 1.93. The molecular formula is C22H23N3O2. The number of carbonyl (C=O) groups excluding carboxylic acids is 1. The molecule has 1 aliphatic heterocycles. The van der Waals surface area contributed by atoms with Crippen molar-refractivity contribution in [3.05, 3.63) is 78.6 Å². The molecule has 1 N–H and O–H groups in total. The highest BCUT2D eigenvalue weighted by atomic mass is 16.5. The minimum absolute atomic E-state index is 0.0361. The maximum absolute atomic E-state index is 12.7. The summed E-state index contributed by atoms with van der Waals surface area (Å²) in [6.07, 6.45) is 2.10. The minimum atomic E-state index is -0.0361. The van der Waals surface area contributed by atoms with Gasteiger partial charge in [0.25, 0.3) is 0 Å². The Hall–Kier alpha value is -3.05. The fraction of sp³-hybridized carbons (Fsp3) is 0.227. The summed E-state index contributed by atoms with van der Waals surface area (Å²) in [6, 6.07) is 21.5. The molecule has 0 aliphatic carbocycles. The highest BCUT2D eigenvalue weighted by Crippen LogP contribution is 2.29. The van der Waals surface area contributed by atoms with E-state index in [4.69, 9.17) is 4.74 Å². The second-order valence-corrected chi connectivity index (χ2v) is 6.73. The molecule has 1 aromatic heterocycles. The number of nitrogens with one attached hydrogen (secondary N) is 1. The van der Waals surface area contributed by atoms with E-state index in [0.717, 1.165) is 18.8 Å². The van der Waals surface area contributed by atoms with Crippen LogP contribution in [-0.2, 0) is 11.3 Å². The van der Waals surface area contributed by atoms with Crippen LogP contribution in [0.4, 0.5) is 5.69 Å². The highest BCUT2D eigenvalue weighted by Gasteiger charge is 2.25. The largest absolute Gasteiger partial charge is 0.455 e. The maximum atomic E-state index is 12.7. The van der Waals surface area contributed by atoms with E-state index in [1.807, 2.05) is 54.6 Å². The summed E-state index contributed by atoms with van der Waals surface area (Å²) in [6.45, 7) is 4.27. The van der Waals surface area contributed by atoms with Crippen LogP contribution in [0, 0.1) is 0 Å². The molecule has 0 saturated carbocycles. The van der Waals surface area contributed by atoms with Crippen molar-refractivity contribution in [2.45, 2.75) is 19.5 Å². The maximum Gasteiger partial charge on any atom is 0.238 e. The molecule has 5 nitrogen and oxygen atoms in total. The van der Waals surface area contributed by atoms with Crippen LogP contribution in [0.25, 0.3) is 0 Å². The van der Waals surface area contributed by atoms with E-state index < -0.39 is 0 Å². The molecule has 1 atom stereocenters. The number of hydrogen-bond donors (Lipinski definition) is 1. The van der Waals surface area contributed by atoms with Gasteiger partial charge in [-0.2, -0.15) is 0 Å². The van der Waals surface area contributed by atoms with Gasteiger partial charge in [-0.15, -0.1) is 0 Å². The van der Waals surface area contributed by atoms with Gasteiger partial charge in [-0.1, -0.05) is 30.3 Å². The predicted molar refractivity (Wildman–Crippen MR) is 106 cm³/mol. The average molecular weight is 361 g/mol. The van der Waals surface area contributed by atoms with Crippen molar-refractivity contribution in [1.82, 2.24) is 9.47 Å². The standard InChI is InChI=1S/C22H23N3O2/c1-17-20-11-7-13-24(20)14-15-25(17)16-22(26)23-19-10-5-6-12-21(19)27-18-8-3-2-4-9-18/h2-13,17H,14-16H2,1H3,(H,23,26). The Bertz CT molecular complexity index is 920. The molecule has 27 heavy (non-hydrogen) atoms. The van der Waals surface area contributed by atoms with Crippen molar-refractivity contribution in [1.29, 1.82) is 0 Å². The first-order valence-corrected chi connectivity index (χ1v) is 9.21. The molecule has 1 aliphatic rings. The Morgan fingerprint density at radius 2 is 1.81 bits per heavy atom. The third kappa shape index (κ3) is 3.88. The summed E-state index contributed by atoms with van der Waals surface area (Å²) in [5.74, 6) is 1.34.